The largest absolute Gasteiger partial charge is 0.329 e. The number of nitrogens with one attached hydrogen (secondary N) is 1. The average molecular weight is 223 g/mol. The van der Waals surface area contributed by atoms with Crippen LogP contribution in [0.4, 0.5) is 0 Å². The molecular weight excluding hydrogens is 208 g/mol. The lowest BCUT2D eigenvalue weighted by Gasteiger charge is -2.16. The summed E-state index contributed by atoms with van der Waals surface area (Å²) in [7, 11) is 0. The van der Waals surface area contributed by atoms with Crippen LogP contribution in [0.2, 0.25) is 5.02 Å². The van der Waals surface area contributed by atoms with Crippen molar-refractivity contribution in [3.63, 3.8) is 0 Å². The van der Waals surface area contributed by atoms with Crippen molar-refractivity contribution in [2.24, 2.45) is 5.73 Å². The maximum atomic E-state index is 5.91. The van der Waals surface area contributed by atoms with Gasteiger partial charge in [-0.1, -0.05) is 23.7 Å². The van der Waals surface area contributed by atoms with Crippen LogP contribution in [0, 0.1) is 12.3 Å². The highest BCUT2D eigenvalue weighted by atomic mass is 35.5. The molecular formula is C12H15ClN2. The van der Waals surface area contributed by atoms with Crippen LogP contribution in [0.25, 0.3) is 0 Å². The molecule has 0 saturated carbocycles. The van der Waals surface area contributed by atoms with E-state index < -0.39 is 0 Å². The Kier molecular flexibility index (Phi) is 5.20. The molecule has 0 aliphatic rings. The summed E-state index contributed by atoms with van der Waals surface area (Å²) >= 11 is 5.91. The Balaban J connectivity index is 2.62. The van der Waals surface area contributed by atoms with Gasteiger partial charge in [0.25, 0.3) is 0 Å². The van der Waals surface area contributed by atoms with Gasteiger partial charge in [-0.15, -0.1) is 12.3 Å². The van der Waals surface area contributed by atoms with Gasteiger partial charge in [-0.25, -0.2) is 0 Å². The minimum Gasteiger partial charge on any atom is -0.329 e. The van der Waals surface area contributed by atoms with Gasteiger partial charge in [0, 0.05) is 30.6 Å². The summed E-state index contributed by atoms with van der Waals surface area (Å²) in [6.45, 7) is 1.30. The molecule has 1 aromatic rings. The second-order valence-electron chi connectivity index (χ2n) is 3.25. The predicted octanol–water partition coefficient (Wildman–Crippen LogP) is 1.95. The van der Waals surface area contributed by atoms with Crippen LogP contribution >= 0.6 is 11.6 Å². The van der Waals surface area contributed by atoms with E-state index in [0.29, 0.717) is 13.0 Å². The predicted molar refractivity (Wildman–Crippen MR) is 64.7 cm³/mol. The van der Waals surface area contributed by atoms with E-state index in [-0.39, 0.29) is 6.04 Å². The topological polar surface area (TPSA) is 38.0 Å². The lowest BCUT2D eigenvalue weighted by Crippen LogP contribution is -2.28. The molecule has 0 aromatic heterocycles. The minimum absolute atomic E-state index is 0.122. The number of rotatable bonds is 5. The van der Waals surface area contributed by atoms with Crippen molar-refractivity contribution in [1.29, 1.82) is 0 Å². The Morgan fingerprint density at radius 1 is 1.53 bits per heavy atom. The molecule has 0 saturated heterocycles. The zero-order chi connectivity index (χ0) is 11.1. The quantitative estimate of drug-likeness (QED) is 0.591. The molecule has 0 aliphatic heterocycles. The number of nitrogens with two attached hydrogens (primary N) is 1. The highest BCUT2D eigenvalue weighted by molar-refractivity contribution is 6.30. The average Bonchev–Trinajstić information content (AvgIpc) is 2.24. The summed E-state index contributed by atoms with van der Waals surface area (Å²) in [5.74, 6) is 2.58. The summed E-state index contributed by atoms with van der Waals surface area (Å²) < 4.78 is 0. The molecule has 0 radical (unpaired) electrons. The highest BCUT2D eigenvalue weighted by Gasteiger charge is 2.07. The molecule has 1 unspecified atom stereocenters. The van der Waals surface area contributed by atoms with Gasteiger partial charge in [-0.2, -0.15) is 0 Å². The van der Waals surface area contributed by atoms with Crippen molar-refractivity contribution in [3.8, 4) is 12.3 Å². The summed E-state index contributed by atoms with van der Waals surface area (Å²) in [5, 5.41) is 4.01. The lowest BCUT2D eigenvalue weighted by atomic mass is 10.1. The Hall–Kier alpha value is -1.01. The van der Waals surface area contributed by atoms with Crippen molar-refractivity contribution < 1.29 is 0 Å². The van der Waals surface area contributed by atoms with Crippen LogP contribution in [-0.4, -0.2) is 13.1 Å². The summed E-state index contributed by atoms with van der Waals surface area (Å²) in [4.78, 5) is 0. The molecule has 2 nitrogen and oxygen atoms in total. The van der Waals surface area contributed by atoms with Crippen LogP contribution in [-0.2, 0) is 0 Å². The van der Waals surface area contributed by atoms with E-state index in [9.17, 15) is 0 Å². The second-order valence-corrected chi connectivity index (χ2v) is 3.69. The van der Waals surface area contributed by atoms with Crippen molar-refractivity contribution in [1.82, 2.24) is 5.32 Å². The van der Waals surface area contributed by atoms with E-state index >= 15 is 0 Å². The molecule has 0 spiro atoms. The fraction of sp³-hybridized carbons (Fsp3) is 0.333. The number of terminal acetylenes is 1. The van der Waals surface area contributed by atoms with Crippen molar-refractivity contribution >= 4 is 11.6 Å². The first-order valence-electron chi connectivity index (χ1n) is 4.90. The number of benzene rings is 1. The standard InChI is InChI=1S/C12H15ClN2/c1-2-3-7-15-12(9-14)10-5-4-6-11(13)8-10/h1,4-6,8,12,15H,3,7,9,14H2. The van der Waals surface area contributed by atoms with Crippen molar-refractivity contribution in [3.05, 3.63) is 34.9 Å². The Labute approximate surface area is 95.8 Å². The molecule has 0 amide bonds. The molecule has 3 heteroatoms. The van der Waals surface area contributed by atoms with Gasteiger partial charge in [-0.3, -0.25) is 0 Å². The van der Waals surface area contributed by atoms with Gasteiger partial charge in [0.15, 0.2) is 0 Å². The Morgan fingerprint density at radius 3 is 2.93 bits per heavy atom. The zero-order valence-electron chi connectivity index (χ0n) is 8.54. The van der Waals surface area contributed by atoms with Gasteiger partial charge in [-0.05, 0) is 17.7 Å². The molecule has 15 heavy (non-hydrogen) atoms. The normalized spacial score (nSPS) is 12.1. The lowest BCUT2D eigenvalue weighted by molar-refractivity contribution is 0.551. The first-order chi connectivity index (χ1) is 7.27. The Morgan fingerprint density at radius 2 is 2.33 bits per heavy atom. The smallest absolute Gasteiger partial charge is 0.0445 e. The fourth-order valence-electron chi connectivity index (χ4n) is 1.38. The van der Waals surface area contributed by atoms with Gasteiger partial charge in [0.05, 0.1) is 0 Å². The zero-order valence-corrected chi connectivity index (χ0v) is 9.30. The highest BCUT2D eigenvalue weighted by Crippen LogP contribution is 2.16. The van der Waals surface area contributed by atoms with E-state index in [1.165, 1.54) is 0 Å². The molecule has 0 aliphatic carbocycles. The molecule has 0 heterocycles. The van der Waals surface area contributed by atoms with Gasteiger partial charge < -0.3 is 11.1 Å². The van der Waals surface area contributed by atoms with Crippen LogP contribution in [0.15, 0.2) is 24.3 Å². The number of hydrogen-bond acceptors (Lipinski definition) is 2. The summed E-state index contributed by atoms with van der Waals surface area (Å²) in [6.07, 6.45) is 5.88. The fourth-order valence-corrected chi connectivity index (χ4v) is 1.58. The van der Waals surface area contributed by atoms with Gasteiger partial charge in [0.2, 0.25) is 0 Å². The Bertz CT molecular complexity index is 344. The third-order valence-corrected chi connectivity index (χ3v) is 2.38. The third kappa shape index (κ3) is 3.93. The molecule has 0 bridgehead atoms. The van der Waals surface area contributed by atoms with Crippen molar-refractivity contribution in [2.45, 2.75) is 12.5 Å². The van der Waals surface area contributed by atoms with Gasteiger partial charge >= 0.3 is 0 Å². The summed E-state index contributed by atoms with van der Waals surface area (Å²) in [5.41, 5.74) is 6.78. The first kappa shape index (κ1) is 12.1. The van der Waals surface area contributed by atoms with E-state index in [1.54, 1.807) is 0 Å². The SMILES string of the molecule is C#CCCNC(CN)c1cccc(Cl)c1. The molecule has 1 atom stereocenters. The molecule has 0 fully saturated rings. The molecule has 1 aromatic carbocycles. The minimum atomic E-state index is 0.122. The van der Waals surface area contributed by atoms with Gasteiger partial charge in [0.1, 0.15) is 0 Å². The molecule has 80 valence electrons. The van der Waals surface area contributed by atoms with Crippen LogP contribution < -0.4 is 11.1 Å². The maximum absolute atomic E-state index is 5.91. The van der Waals surface area contributed by atoms with Crippen LogP contribution in [0.1, 0.15) is 18.0 Å². The number of hydrogen-bond donors (Lipinski definition) is 2. The van der Waals surface area contributed by atoms with E-state index in [4.69, 9.17) is 23.8 Å². The molecule has 3 N–H and O–H groups in total. The maximum Gasteiger partial charge on any atom is 0.0445 e. The third-order valence-electron chi connectivity index (χ3n) is 2.15. The van der Waals surface area contributed by atoms with E-state index in [1.807, 2.05) is 24.3 Å². The summed E-state index contributed by atoms with van der Waals surface area (Å²) in [6, 6.07) is 7.81. The molecule has 1 rings (SSSR count). The van der Waals surface area contributed by atoms with E-state index in [2.05, 4.69) is 11.2 Å². The number of halogens is 1. The monoisotopic (exact) mass is 222 g/mol. The second kappa shape index (κ2) is 6.47. The van der Waals surface area contributed by atoms with E-state index in [0.717, 1.165) is 17.1 Å². The van der Waals surface area contributed by atoms with Crippen molar-refractivity contribution in [2.75, 3.05) is 13.1 Å². The van der Waals surface area contributed by atoms with Crippen LogP contribution in [0.5, 0.6) is 0 Å². The van der Waals surface area contributed by atoms with Crippen LogP contribution in [0.3, 0.4) is 0 Å². The first-order valence-corrected chi connectivity index (χ1v) is 5.28.